The summed E-state index contributed by atoms with van der Waals surface area (Å²) in [6.45, 7) is 2.82. The Kier molecular flexibility index (Phi) is 5.15. The van der Waals surface area contributed by atoms with Crippen LogP contribution in [0.3, 0.4) is 0 Å². The van der Waals surface area contributed by atoms with Crippen LogP contribution in [0.2, 0.25) is 0 Å². The van der Waals surface area contributed by atoms with Gasteiger partial charge in [0.05, 0.1) is 12.0 Å². The quantitative estimate of drug-likeness (QED) is 0.880. The molecule has 26 heavy (non-hydrogen) atoms. The van der Waals surface area contributed by atoms with Crippen molar-refractivity contribution in [3.8, 4) is 0 Å². The second-order valence-corrected chi connectivity index (χ2v) is 6.73. The standard InChI is InChI=1S/C19H24N4O3/c24-19(17-4-2-12-26-17)23-9-6-15-16(7-10-23)21-13-22-18(15)20-8-5-14-3-1-11-25-14/h1,3,11,13,17H,2,4-10,12H2,(H,20,21,22). The summed E-state index contributed by atoms with van der Waals surface area (Å²) in [5.41, 5.74) is 2.15. The summed E-state index contributed by atoms with van der Waals surface area (Å²) in [7, 11) is 0. The van der Waals surface area contributed by atoms with Crippen LogP contribution in [0.4, 0.5) is 5.82 Å². The number of ether oxygens (including phenoxy) is 1. The van der Waals surface area contributed by atoms with Gasteiger partial charge in [-0.25, -0.2) is 9.97 Å². The summed E-state index contributed by atoms with van der Waals surface area (Å²) in [5.74, 6) is 1.94. The Hall–Kier alpha value is -2.41. The average molecular weight is 356 g/mol. The number of aromatic nitrogens is 2. The minimum absolute atomic E-state index is 0.121. The highest BCUT2D eigenvalue weighted by Crippen LogP contribution is 2.22. The van der Waals surface area contributed by atoms with E-state index < -0.39 is 0 Å². The molecule has 4 rings (SSSR count). The molecule has 0 spiro atoms. The Bertz CT molecular complexity index is 741. The van der Waals surface area contributed by atoms with Gasteiger partial charge >= 0.3 is 0 Å². The Morgan fingerprint density at radius 3 is 3.04 bits per heavy atom. The van der Waals surface area contributed by atoms with Crippen molar-refractivity contribution in [3.63, 3.8) is 0 Å². The molecule has 7 nitrogen and oxygen atoms in total. The lowest BCUT2D eigenvalue weighted by Crippen LogP contribution is -2.40. The second-order valence-electron chi connectivity index (χ2n) is 6.73. The molecule has 1 atom stereocenters. The van der Waals surface area contributed by atoms with Crippen LogP contribution in [-0.2, 0) is 28.8 Å². The fourth-order valence-electron chi connectivity index (χ4n) is 3.63. The first-order valence-corrected chi connectivity index (χ1v) is 9.30. The molecule has 0 bridgehead atoms. The van der Waals surface area contributed by atoms with Crippen molar-refractivity contribution < 1.29 is 13.9 Å². The van der Waals surface area contributed by atoms with E-state index in [9.17, 15) is 4.79 Å². The Morgan fingerprint density at radius 1 is 1.31 bits per heavy atom. The maximum atomic E-state index is 12.6. The number of carbonyl (C=O) groups excluding carboxylic acids is 1. The molecule has 1 saturated heterocycles. The Balaban J connectivity index is 1.40. The smallest absolute Gasteiger partial charge is 0.251 e. The van der Waals surface area contributed by atoms with Gasteiger partial charge < -0.3 is 19.4 Å². The van der Waals surface area contributed by atoms with Gasteiger partial charge in [-0.05, 0) is 31.4 Å². The van der Waals surface area contributed by atoms with Gasteiger partial charge in [0.25, 0.3) is 5.91 Å². The van der Waals surface area contributed by atoms with Crippen LogP contribution < -0.4 is 5.32 Å². The molecule has 0 aliphatic carbocycles. The maximum Gasteiger partial charge on any atom is 0.251 e. The number of nitrogens with one attached hydrogen (secondary N) is 1. The van der Waals surface area contributed by atoms with Crippen LogP contribution in [0.5, 0.6) is 0 Å². The molecular weight excluding hydrogens is 332 g/mol. The van der Waals surface area contributed by atoms with Crippen LogP contribution in [0.15, 0.2) is 29.1 Å². The van der Waals surface area contributed by atoms with Crippen molar-refractivity contribution in [2.75, 3.05) is 31.6 Å². The number of nitrogens with zero attached hydrogens (tertiary/aromatic N) is 3. The fraction of sp³-hybridized carbons (Fsp3) is 0.526. The first kappa shape index (κ1) is 17.0. The number of hydrogen-bond donors (Lipinski definition) is 1. The van der Waals surface area contributed by atoms with E-state index in [-0.39, 0.29) is 12.0 Å². The number of amides is 1. The molecule has 0 aromatic carbocycles. The van der Waals surface area contributed by atoms with E-state index in [0.29, 0.717) is 19.7 Å². The molecule has 2 aliphatic rings. The fourth-order valence-corrected chi connectivity index (χ4v) is 3.63. The summed E-state index contributed by atoms with van der Waals surface area (Å²) in [4.78, 5) is 23.4. The van der Waals surface area contributed by atoms with Crippen molar-refractivity contribution >= 4 is 11.7 Å². The van der Waals surface area contributed by atoms with Gasteiger partial charge in [0, 0.05) is 44.6 Å². The predicted octanol–water partition coefficient (Wildman–Crippen LogP) is 1.83. The molecule has 2 aromatic heterocycles. The van der Waals surface area contributed by atoms with Crippen LogP contribution in [0.1, 0.15) is 29.9 Å². The minimum Gasteiger partial charge on any atom is -0.469 e. The number of hydrogen-bond acceptors (Lipinski definition) is 6. The van der Waals surface area contributed by atoms with Gasteiger partial charge in [-0.2, -0.15) is 0 Å². The van der Waals surface area contributed by atoms with E-state index in [2.05, 4.69) is 15.3 Å². The highest BCUT2D eigenvalue weighted by Gasteiger charge is 2.30. The number of furan rings is 1. The molecule has 1 fully saturated rings. The molecule has 0 radical (unpaired) electrons. The normalized spacial score (nSPS) is 19.8. The first-order valence-electron chi connectivity index (χ1n) is 9.30. The first-order chi connectivity index (χ1) is 12.8. The van der Waals surface area contributed by atoms with Gasteiger partial charge in [-0.1, -0.05) is 0 Å². The van der Waals surface area contributed by atoms with Gasteiger partial charge in [0.1, 0.15) is 24.0 Å². The molecule has 138 valence electrons. The zero-order valence-electron chi connectivity index (χ0n) is 14.8. The van der Waals surface area contributed by atoms with Crippen LogP contribution in [0, 0.1) is 0 Å². The number of rotatable bonds is 5. The summed E-state index contributed by atoms with van der Waals surface area (Å²) in [5, 5.41) is 3.40. The third-order valence-corrected chi connectivity index (χ3v) is 5.05. The zero-order chi connectivity index (χ0) is 17.8. The molecule has 1 unspecified atom stereocenters. The lowest BCUT2D eigenvalue weighted by atomic mass is 10.1. The van der Waals surface area contributed by atoms with Crippen molar-refractivity contribution in [2.24, 2.45) is 0 Å². The zero-order valence-corrected chi connectivity index (χ0v) is 14.8. The Morgan fingerprint density at radius 2 is 2.23 bits per heavy atom. The Labute approximate surface area is 152 Å². The molecule has 0 saturated carbocycles. The van der Waals surface area contributed by atoms with E-state index in [1.807, 2.05) is 17.0 Å². The van der Waals surface area contributed by atoms with Gasteiger partial charge in [0.2, 0.25) is 0 Å². The molecular formula is C19H24N4O3. The molecule has 4 heterocycles. The van der Waals surface area contributed by atoms with E-state index in [1.165, 1.54) is 0 Å². The minimum atomic E-state index is -0.256. The summed E-state index contributed by atoms with van der Waals surface area (Å²) in [6, 6.07) is 3.86. The number of fused-ring (bicyclic) bond motifs is 1. The van der Waals surface area contributed by atoms with E-state index in [1.54, 1.807) is 12.6 Å². The lowest BCUT2D eigenvalue weighted by molar-refractivity contribution is -0.140. The van der Waals surface area contributed by atoms with E-state index in [0.717, 1.165) is 61.5 Å². The highest BCUT2D eigenvalue weighted by atomic mass is 16.5. The number of carbonyl (C=O) groups is 1. The van der Waals surface area contributed by atoms with Crippen LogP contribution in [0.25, 0.3) is 0 Å². The predicted molar refractivity (Wildman–Crippen MR) is 95.9 cm³/mol. The number of anilines is 1. The SMILES string of the molecule is O=C(C1CCCO1)N1CCc2ncnc(NCCc3ccco3)c2CC1. The van der Waals surface area contributed by atoms with Gasteiger partial charge in [0.15, 0.2) is 0 Å². The molecule has 2 aliphatic heterocycles. The van der Waals surface area contributed by atoms with Crippen molar-refractivity contribution in [1.29, 1.82) is 0 Å². The molecule has 1 N–H and O–H groups in total. The van der Waals surface area contributed by atoms with Crippen LogP contribution >= 0.6 is 0 Å². The monoisotopic (exact) mass is 356 g/mol. The summed E-state index contributed by atoms with van der Waals surface area (Å²) < 4.78 is 10.9. The second kappa shape index (κ2) is 7.86. The maximum absolute atomic E-state index is 12.6. The van der Waals surface area contributed by atoms with Crippen molar-refractivity contribution in [1.82, 2.24) is 14.9 Å². The molecule has 7 heteroatoms. The summed E-state index contributed by atoms with van der Waals surface area (Å²) >= 11 is 0. The topological polar surface area (TPSA) is 80.5 Å². The van der Waals surface area contributed by atoms with Crippen LogP contribution in [-0.4, -0.2) is 53.1 Å². The molecule has 2 aromatic rings. The van der Waals surface area contributed by atoms with E-state index in [4.69, 9.17) is 9.15 Å². The molecule has 1 amide bonds. The van der Waals surface area contributed by atoms with Gasteiger partial charge in [-0.3, -0.25) is 4.79 Å². The van der Waals surface area contributed by atoms with E-state index >= 15 is 0 Å². The highest BCUT2D eigenvalue weighted by molar-refractivity contribution is 5.81. The van der Waals surface area contributed by atoms with Gasteiger partial charge in [-0.15, -0.1) is 0 Å². The van der Waals surface area contributed by atoms with Crippen molar-refractivity contribution in [3.05, 3.63) is 41.7 Å². The summed E-state index contributed by atoms with van der Waals surface area (Å²) in [6.07, 6.45) is 7.16. The third-order valence-electron chi connectivity index (χ3n) is 5.05. The third kappa shape index (κ3) is 3.72. The van der Waals surface area contributed by atoms with Crippen molar-refractivity contribution in [2.45, 2.75) is 38.2 Å². The average Bonchev–Trinajstić information content (AvgIpc) is 3.33. The largest absolute Gasteiger partial charge is 0.469 e. The lowest BCUT2D eigenvalue weighted by Gasteiger charge is -2.23.